The number of rotatable bonds is 4. The van der Waals surface area contributed by atoms with Gasteiger partial charge in [0.15, 0.2) is 0 Å². The van der Waals surface area contributed by atoms with Crippen LogP contribution in [-0.4, -0.2) is 46.7 Å². The van der Waals surface area contributed by atoms with E-state index in [1.54, 1.807) is 6.08 Å². The Morgan fingerprint density at radius 2 is 1.93 bits per heavy atom. The van der Waals surface area contributed by atoms with Crippen LogP contribution < -0.4 is 0 Å². The molecular formula is C24H32O5. The zero-order valence-electron chi connectivity index (χ0n) is 17.7. The summed E-state index contributed by atoms with van der Waals surface area (Å²) in [4.78, 5) is 12.6. The van der Waals surface area contributed by atoms with Gasteiger partial charge in [0, 0.05) is 18.4 Å². The van der Waals surface area contributed by atoms with Crippen molar-refractivity contribution in [1.29, 1.82) is 0 Å². The predicted molar refractivity (Wildman–Crippen MR) is 110 cm³/mol. The van der Waals surface area contributed by atoms with Crippen LogP contribution in [0.2, 0.25) is 0 Å². The van der Waals surface area contributed by atoms with Gasteiger partial charge in [-0.15, -0.1) is 0 Å². The van der Waals surface area contributed by atoms with Gasteiger partial charge in [0.05, 0.1) is 23.4 Å². The summed E-state index contributed by atoms with van der Waals surface area (Å²) in [6.07, 6.45) is 4.43. The molecule has 0 radical (unpaired) electrons. The lowest BCUT2D eigenvalue weighted by Gasteiger charge is -2.34. The van der Waals surface area contributed by atoms with Crippen LogP contribution in [0.25, 0.3) is 6.08 Å². The van der Waals surface area contributed by atoms with Gasteiger partial charge in [-0.25, -0.2) is 4.79 Å². The van der Waals surface area contributed by atoms with Crippen molar-refractivity contribution < 1.29 is 24.1 Å². The van der Waals surface area contributed by atoms with E-state index in [9.17, 15) is 9.90 Å². The van der Waals surface area contributed by atoms with Crippen molar-refractivity contribution in [3.8, 4) is 0 Å². The van der Waals surface area contributed by atoms with Crippen LogP contribution in [0.15, 0.2) is 36.4 Å². The Labute approximate surface area is 173 Å². The summed E-state index contributed by atoms with van der Waals surface area (Å²) in [5.74, 6) is -0.473. The second-order valence-corrected chi connectivity index (χ2v) is 9.54. The summed E-state index contributed by atoms with van der Waals surface area (Å²) >= 11 is 0. The molecule has 1 N–H and O–H groups in total. The summed E-state index contributed by atoms with van der Waals surface area (Å²) < 4.78 is 17.9. The molecule has 5 heteroatoms. The van der Waals surface area contributed by atoms with Crippen LogP contribution in [0, 0.1) is 11.8 Å². The fraction of sp³-hybridized carbons (Fsp3) is 0.625. The smallest absolute Gasteiger partial charge is 0.331 e. The first kappa shape index (κ1) is 20.6. The number of aliphatic hydroxyl groups excluding tert-OH is 1. The third kappa shape index (κ3) is 4.27. The maximum absolute atomic E-state index is 12.6. The fourth-order valence-corrected chi connectivity index (χ4v) is 4.96. The van der Waals surface area contributed by atoms with E-state index in [2.05, 4.69) is 27.7 Å². The van der Waals surface area contributed by atoms with Crippen LogP contribution in [0.5, 0.6) is 0 Å². The summed E-state index contributed by atoms with van der Waals surface area (Å²) in [7, 11) is 0. The SMILES string of the molecule is CC(C)[C@H]1[C@@H](O)[C@H]2O[C@@]2(C)CC[C@@H]2O[C@@]2(C)C[C@@H]1OC(=O)C=Cc1ccccc1. The minimum atomic E-state index is -0.671. The van der Waals surface area contributed by atoms with Gasteiger partial charge < -0.3 is 19.3 Å². The second kappa shape index (κ2) is 7.53. The maximum Gasteiger partial charge on any atom is 0.331 e. The second-order valence-electron chi connectivity index (χ2n) is 9.54. The van der Waals surface area contributed by atoms with Gasteiger partial charge in [-0.3, -0.25) is 0 Å². The van der Waals surface area contributed by atoms with Gasteiger partial charge in [-0.2, -0.15) is 0 Å². The standard InChI is InChI=1S/C24H32O5/c1-15(2)20-17(27-19(25)11-10-16-8-6-5-7-9-16)14-24(4)18(28-24)12-13-23(3)22(29-23)21(20)26/h5-11,15,17-18,20-22,26H,12-14H2,1-4H3/t17-,18-,20+,21+,22+,23-,24-/m0/s1. The predicted octanol–water partition coefficient (Wildman–Crippen LogP) is 3.74. The molecule has 7 atom stereocenters. The van der Waals surface area contributed by atoms with Crippen molar-refractivity contribution in [2.75, 3.05) is 0 Å². The number of hydrogen-bond acceptors (Lipinski definition) is 5. The quantitative estimate of drug-likeness (QED) is 0.474. The van der Waals surface area contributed by atoms with Crippen LogP contribution in [0.1, 0.15) is 52.5 Å². The van der Waals surface area contributed by atoms with E-state index in [4.69, 9.17) is 14.2 Å². The normalized spacial score (nSPS) is 41.5. The summed E-state index contributed by atoms with van der Waals surface area (Å²) in [5, 5.41) is 11.1. The number of fused-ring (bicyclic) bond motifs is 2. The minimum Gasteiger partial charge on any atom is -0.459 e. The Morgan fingerprint density at radius 1 is 1.21 bits per heavy atom. The molecule has 158 valence electrons. The molecule has 3 aliphatic rings. The number of hydrogen-bond donors (Lipinski definition) is 1. The van der Waals surface area contributed by atoms with E-state index in [-0.39, 0.29) is 35.2 Å². The number of carbonyl (C=O) groups excluding carboxylic acids is 1. The number of aliphatic hydroxyl groups is 1. The van der Waals surface area contributed by atoms with Crippen LogP contribution in [0.3, 0.4) is 0 Å². The molecule has 1 aromatic rings. The largest absolute Gasteiger partial charge is 0.459 e. The molecule has 1 aliphatic carbocycles. The van der Waals surface area contributed by atoms with E-state index in [1.165, 1.54) is 6.08 Å². The third-order valence-corrected chi connectivity index (χ3v) is 6.87. The first-order valence-corrected chi connectivity index (χ1v) is 10.7. The fourth-order valence-electron chi connectivity index (χ4n) is 4.96. The zero-order valence-corrected chi connectivity index (χ0v) is 17.7. The van der Waals surface area contributed by atoms with E-state index >= 15 is 0 Å². The molecule has 4 rings (SSSR count). The van der Waals surface area contributed by atoms with Gasteiger partial charge in [-0.05, 0) is 44.2 Å². The highest BCUT2D eigenvalue weighted by Crippen LogP contribution is 2.52. The Hall–Kier alpha value is -1.69. The molecule has 0 aromatic heterocycles. The highest BCUT2D eigenvalue weighted by molar-refractivity contribution is 5.87. The van der Waals surface area contributed by atoms with Crippen LogP contribution in [-0.2, 0) is 19.0 Å². The Balaban J connectivity index is 1.54. The van der Waals surface area contributed by atoms with Crippen LogP contribution >= 0.6 is 0 Å². The third-order valence-electron chi connectivity index (χ3n) is 6.87. The molecule has 2 saturated heterocycles. The average Bonchev–Trinajstić information content (AvgIpc) is 3.53. The molecule has 5 nitrogen and oxygen atoms in total. The molecule has 2 heterocycles. The number of esters is 1. The number of ether oxygens (including phenoxy) is 3. The van der Waals surface area contributed by atoms with Crippen LogP contribution in [0.4, 0.5) is 0 Å². The van der Waals surface area contributed by atoms with Gasteiger partial charge in [-0.1, -0.05) is 44.2 Å². The molecule has 1 aromatic carbocycles. The average molecular weight is 401 g/mol. The molecule has 29 heavy (non-hydrogen) atoms. The maximum atomic E-state index is 12.6. The Morgan fingerprint density at radius 3 is 2.62 bits per heavy atom. The number of epoxide rings is 2. The van der Waals surface area contributed by atoms with E-state index in [0.29, 0.717) is 6.42 Å². The van der Waals surface area contributed by atoms with Crippen molar-refractivity contribution in [3.63, 3.8) is 0 Å². The molecule has 1 saturated carbocycles. The number of carbonyl (C=O) groups is 1. The summed E-state index contributed by atoms with van der Waals surface area (Å²) in [6, 6.07) is 9.65. The molecular weight excluding hydrogens is 368 g/mol. The topological polar surface area (TPSA) is 71.6 Å². The molecule has 3 fully saturated rings. The van der Waals surface area contributed by atoms with E-state index in [0.717, 1.165) is 18.4 Å². The first-order chi connectivity index (χ1) is 13.7. The first-order valence-electron chi connectivity index (χ1n) is 10.7. The summed E-state index contributed by atoms with van der Waals surface area (Å²) in [5.41, 5.74) is 0.327. The van der Waals surface area contributed by atoms with Crippen molar-refractivity contribution in [2.45, 2.75) is 82.6 Å². The monoisotopic (exact) mass is 400 g/mol. The number of benzene rings is 1. The lowest BCUT2D eigenvalue weighted by Crippen LogP contribution is -2.45. The highest BCUT2D eigenvalue weighted by atomic mass is 16.6. The van der Waals surface area contributed by atoms with E-state index in [1.807, 2.05) is 30.3 Å². The minimum absolute atomic E-state index is 0.134. The van der Waals surface area contributed by atoms with Crippen molar-refractivity contribution in [3.05, 3.63) is 42.0 Å². The van der Waals surface area contributed by atoms with Gasteiger partial charge in [0.25, 0.3) is 0 Å². The molecule has 2 aliphatic heterocycles. The Bertz CT molecular complexity index is 775. The molecule has 0 amide bonds. The zero-order chi connectivity index (χ0) is 20.8. The van der Waals surface area contributed by atoms with Crippen molar-refractivity contribution in [2.24, 2.45) is 11.8 Å². The molecule has 0 bridgehead atoms. The van der Waals surface area contributed by atoms with Crippen molar-refractivity contribution in [1.82, 2.24) is 0 Å². The lowest BCUT2D eigenvalue weighted by molar-refractivity contribution is -0.152. The molecule has 0 spiro atoms. The molecule has 0 unspecified atom stereocenters. The van der Waals surface area contributed by atoms with Crippen molar-refractivity contribution >= 4 is 12.0 Å². The summed E-state index contributed by atoms with van der Waals surface area (Å²) in [6.45, 7) is 8.27. The lowest BCUT2D eigenvalue weighted by atomic mass is 9.76. The van der Waals surface area contributed by atoms with Gasteiger partial charge >= 0.3 is 5.97 Å². The van der Waals surface area contributed by atoms with Gasteiger partial charge in [0.2, 0.25) is 0 Å². The highest BCUT2D eigenvalue weighted by Gasteiger charge is 2.63. The van der Waals surface area contributed by atoms with Gasteiger partial charge in [0.1, 0.15) is 12.2 Å². The van der Waals surface area contributed by atoms with E-state index < -0.39 is 18.2 Å². The Kier molecular flexibility index (Phi) is 5.34.